The van der Waals surface area contributed by atoms with Crippen LogP contribution in [0.15, 0.2) is 4.99 Å². The Morgan fingerprint density at radius 1 is 1.13 bits per heavy atom. The van der Waals surface area contributed by atoms with Crippen molar-refractivity contribution >= 4 is 35.8 Å². The second-order valence-electron chi connectivity index (χ2n) is 5.67. The summed E-state index contributed by atoms with van der Waals surface area (Å²) in [5.74, 6) is -1.56. The van der Waals surface area contributed by atoms with Crippen LogP contribution in [-0.4, -0.2) is 42.1 Å². The van der Waals surface area contributed by atoms with Crippen molar-refractivity contribution < 1.29 is 14.4 Å². The number of carbonyl (C=O) groups excluding carboxylic acids is 3. The molecule has 0 heterocycles. The third-order valence-electron chi connectivity index (χ3n) is 2.94. The summed E-state index contributed by atoms with van der Waals surface area (Å²) in [5, 5.41) is 2.48. The number of carbonyl (C=O) groups is 3. The maximum atomic E-state index is 12.2. The van der Waals surface area contributed by atoms with Gasteiger partial charge in [0.05, 0.1) is 12.1 Å². The van der Waals surface area contributed by atoms with Gasteiger partial charge in [-0.25, -0.2) is 0 Å². The number of rotatable bonds is 10. The molecule has 0 aliphatic rings. The second kappa shape index (κ2) is 11.8. The molecule has 0 radical (unpaired) electrons. The van der Waals surface area contributed by atoms with Gasteiger partial charge < -0.3 is 22.5 Å². The molecule has 0 aliphatic carbocycles. The molecule has 7 N–H and O–H groups in total. The maximum Gasteiger partial charge on any atom is 0.222 e. The minimum absolute atomic E-state index is 0. The monoisotopic (exact) mass is 349 g/mol. The lowest BCUT2D eigenvalue weighted by Crippen LogP contribution is -2.48. The van der Waals surface area contributed by atoms with Gasteiger partial charge in [0.1, 0.15) is 0 Å². The van der Waals surface area contributed by atoms with E-state index in [1.807, 2.05) is 13.8 Å². The van der Waals surface area contributed by atoms with Gasteiger partial charge in [0, 0.05) is 13.5 Å². The van der Waals surface area contributed by atoms with E-state index < -0.39 is 23.7 Å². The predicted molar refractivity (Wildman–Crippen MR) is 92.2 cm³/mol. The summed E-state index contributed by atoms with van der Waals surface area (Å²) in [6.07, 6.45) is 1.15. The molecule has 0 aromatic rings. The summed E-state index contributed by atoms with van der Waals surface area (Å²) in [4.78, 5) is 39.2. The molecule has 0 spiro atoms. The number of halogens is 1. The molecule has 0 bridgehead atoms. The number of aliphatic imine (C=N–C) groups is 1. The second-order valence-corrected chi connectivity index (χ2v) is 5.67. The summed E-state index contributed by atoms with van der Waals surface area (Å²) in [7, 11) is 0. The quantitative estimate of drug-likeness (QED) is 0.180. The lowest BCUT2D eigenvalue weighted by atomic mass is 9.94. The van der Waals surface area contributed by atoms with Crippen LogP contribution in [0.3, 0.4) is 0 Å². The third-order valence-corrected chi connectivity index (χ3v) is 2.94. The van der Waals surface area contributed by atoms with Crippen LogP contribution in [0.5, 0.6) is 0 Å². The topological polar surface area (TPSA) is 154 Å². The Bertz CT molecular complexity index is 436. The van der Waals surface area contributed by atoms with E-state index >= 15 is 0 Å². The van der Waals surface area contributed by atoms with Gasteiger partial charge in [-0.15, -0.1) is 12.4 Å². The van der Waals surface area contributed by atoms with Crippen LogP contribution in [0.2, 0.25) is 0 Å². The van der Waals surface area contributed by atoms with Crippen molar-refractivity contribution in [3.8, 4) is 0 Å². The van der Waals surface area contributed by atoms with Gasteiger partial charge in [-0.2, -0.15) is 0 Å². The van der Waals surface area contributed by atoms with Crippen LogP contribution in [-0.2, 0) is 14.4 Å². The Balaban J connectivity index is 0. The fourth-order valence-electron chi connectivity index (χ4n) is 1.99. The number of hydrogen-bond donors (Lipinski definition) is 4. The molecule has 0 fully saturated rings. The number of nitrogens with one attached hydrogen (secondary N) is 1. The average molecular weight is 350 g/mol. The van der Waals surface area contributed by atoms with Gasteiger partial charge in [-0.3, -0.25) is 19.4 Å². The predicted octanol–water partition coefficient (Wildman–Crippen LogP) is -0.522. The fourth-order valence-corrected chi connectivity index (χ4v) is 1.99. The minimum atomic E-state index is -0.891. The van der Waals surface area contributed by atoms with Crippen molar-refractivity contribution in [1.82, 2.24) is 5.32 Å². The average Bonchev–Trinajstić information content (AvgIpc) is 2.39. The molecule has 1 unspecified atom stereocenters. The molecule has 23 heavy (non-hydrogen) atoms. The lowest BCUT2D eigenvalue weighted by molar-refractivity contribution is -0.139. The molecule has 0 rings (SSSR count). The van der Waals surface area contributed by atoms with Crippen molar-refractivity contribution in [1.29, 1.82) is 0 Å². The van der Waals surface area contributed by atoms with E-state index in [9.17, 15) is 14.4 Å². The van der Waals surface area contributed by atoms with E-state index in [1.54, 1.807) is 0 Å². The third kappa shape index (κ3) is 10.6. The molecule has 8 nitrogen and oxygen atoms in total. The minimum Gasteiger partial charge on any atom is -0.370 e. The van der Waals surface area contributed by atoms with Crippen LogP contribution in [0.25, 0.3) is 0 Å². The van der Waals surface area contributed by atoms with Gasteiger partial charge in [0.15, 0.2) is 5.96 Å². The van der Waals surface area contributed by atoms with Crippen molar-refractivity contribution in [3.63, 3.8) is 0 Å². The number of ketones is 2. The first kappa shape index (κ1) is 23.6. The van der Waals surface area contributed by atoms with Crippen LogP contribution in [0.1, 0.15) is 40.0 Å². The van der Waals surface area contributed by atoms with E-state index in [2.05, 4.69) is 10.3 Å². The summed E-state index contributed by atoms with van der Waals surface area (Å²) in [6, 6.07) is -1.74. The molecule has 1 amide bonds. The maximum absolute atomic E-state index is 12.2. The summed E-state index contributed by atoms with van der Waals surface area (Å²) in [5.41, 5.74) is 16.2. The summed E-state index contributed by atoms with van der Waals surface area (Å²) in [6.45, 7) is 5.43. The van der Waals surface area contributed by atoms with Gasteiger partial charge in [-0.05, 0) is 25.2 Å². The number of Topliss-reactive ketones (excluding diaryl/α,β-unsaturated/α-hetero) is 2. The molecular formula is C14H28ClN5O3. The van der Waals surface area contributed by atoms with E-state index in [4.69, 9.17) is 17.2 Å². The van der Waals surface area contributed by atoms with Gasteiger partial charge in [-0.1, -0.05) is 13.8 Å². The van der Waals surface area contributed by atoms with Gasteiger partial charge in [0.25, 0.3) is 0 Å². The lowest BCUT2D eigenvalue weighted by Gasteiger charge is -2.18. The number of nitrogens with two attached hydrogens (primary N) is 3. The summed E-state index contributed by atoms with van der Waals surface area (Å²) < 4.78 is 0. The van der Waals surface area contributed by atoms with Crippen LogP contribution >= 0.6 is 12.4 Å². The number of hydrogen-bond acceptors (Lipinski definition) is 5. The van der Waals surface area contributed by atoms with E-state index in [1.165, 1.54) is 6.92 Å². The highest BCUT2D eigenvalue weighted by atomic mass is 35.5. The summed E-state index contributed by atoms with van der Waals surface area (Å²) >= 11 is 0. The molecule has 0 saturated heterocycles. The highest BCUT2D eigenvalue weighted by Crippen LogP contribution is 2.07. The number of amides is 1. The Labute approximate surface area is 143 Å². The van der Waals surface area contributed by atoms with Crippen molar-refractivity contribution in [2.75, 3.05) is 6.54 Å². The van der Waals surface area contributed by atoms with Crippen molar-refractivity contribution in [3.05, 3.63) is 0 Å². The molecule has 0 aliphatic heterocycles. The van der Waals surface area contributed by atoms with Crippen LogP contribution in [0, 0.1) is 5.92 Å². The smallest absolute Gasteiger partial charge is 0.222 e. The zero-order valence-corrected chi connectivity index (χ0v) is 14.7. The van der Waals surface area contributed by atoms with Crippen LogP contribution in [0.4, 0.5) is 0 Å². The van der Waals surface area contributed by atoms with E-state index in [0.29, 0.717) is 19.4 Å². The number of nitrogens with zero attached hydrogens (tertiary/aromatic N) is 1. The largest absolute Gasteiger partial charge is 0.370 e. The molecule has 0 aromatic carbocycles. The van der Waals surface area contributed by atoms with E-state index in [0.717, 1.165) is 0 Å². The fraction of sp³-hybridized carbons (Fsp3) is 0.714. The van der Waals surface area contributed by atoms with Crippen molar-refractivity contribution in [2.24, 2.45) is 28.1 Å². The standard InChI is InChI=1S/C14H27N5O3.ClH/c1-8(2)7-10(15)12(21)13(22)11(19-9(3)20)5-4-6-18-14(16)17;/h8,10-11H,4-7,15H2,1-3H3,(H,19,20)(H4,16,17,18);1H/t10-,11?;/m0./s1. The number of guanidine groups is 1. The molecule has 9 heteroatoms. The Morgan fingerprint density at radius 2 is 1.70 bits per heavy atom. The Hall–Kier alpha value is -1.67. The Kier molecular flexibility index (Phi) is 12.1. The molecular weight excluding hydrogens is 322 g/mol. The van der Waals surface area contributed by atoms with E-state index in [-0.39, 0.29) is 36.6 Å². The Morgan fingerprint density at radius 3 is 2.13 bits per heavy atom. The normalized spacial score (nSPS) is 12.7. The molecule has 134 valence electrons. The molecule has 0 saturated carbocycles. The van der Waals surface area contributed by atoms with Gasteiger partial charge in [0.2, 0.25) is 17.5 Å². The highest BCUT2D eigenvalue weighted by molar-refractivity contribution is 6.41. The first-order valence-corrected chi connectivity index (χ1v) is 7.31. The van der Waals surface area contributed by atoms with Crippen molar-refractivity contribution in [2.45, 2.75) is 52.1 Å². The first-order valence-electron chi connectivity index (χ1n) is 7.31. The first-order chi connectivity index (χ1) is 10.1. The molecule has 2 atom stereocenters. The zero-order chi connectivity index (χ0) is 17.3. The van der Waals surface area contributed by atoms with Crippen LogP contribution < -0.4 is 22.5 Å². The molecule has 0 aromatic heterocycles. The van der Waals surface area contributed by atoms with Gasteiger partial charge >= 0.3 is 0 Å². The SMILES string of the molecule is CC(=O)NC(CCCN=C(N)N)C(=O)C(=O)[C@@H](N)CC(C)C.Cl. The zero-order valence-electron chi connectivity index (χ0n) is 13.9. The highest BCUT2D eigenvalue weighted by Gasteiger charge is 2.29.